The van der Waals surface area contributed by atoms with Crippen LogP contribution in [0.25, 0.3) is 0 Å². The van der Waals surface area contributed by atoms with E-state index in [4.69, 9.17) is 4.65 Å². The van der Waals surface area contributed by atoms with Crippen molar-refractivity contribution >= 4 is 24.3 Å². The fraction of sp³-hybridized carbons (Fsp3) is 0.350. The van der Waals surface area contributed by atoms with Crippen molar-refractivity contribution in [2.45, 2.75) is 45.4 Å². The molecule has 2 amide bonds. The van der Waals surface area contributed by atoms with Gasteiger partial charge in [-0.1, -0.05) is 42.5 Å². The summed E-state index contributed by atoms with van der Waals surface area (Å²) in [6.07, 6.45) is 0. The summed E-state index contributed by atoms with van der Waals surface area (Å²) < 4.78 is 5.60. The molecule has 7 heteroatoms. The predicted molar refractivity (Wildman–Crippen MR) is 108 cm³/mol. The smallest absolute Gasteiger partial charge is 0.423 e. The Hall–Kier alpha value is -2.35. The monoisotopic (exact) mass is 370 g/mol. The van der Waals surface area contributed by atoms with Crippen molar-refractivity contribution in [1.29, 1.82) is 0 Å². The van der Waals surface area contributed by atoms with Crippen molar-refractivity contribution in [3.05, 3.63) is 60.2 Å². The SMILES string of the molecule is CC(C)(O)C(C)(C)OB(O)c1ccc(NC(=O)NCc2ccccc2)cc1. The average Bonchev–Trinajstić information content (AvgIpc) is 2.60. The molecule has 0 heterocycles. The topological polar surface area (TPSA) is 90.8 Å². The van der Waals surface area contributed by atoms with Crippen molar-refractivity contribution in [2.75, 3.05) is 5.32 Å². The van der Waals surface area contributed by atoms with E-state index in [9.17, 15) is 14.9 Å². The highest BCUT2D eigenvalue weighted by molar-refractivity contribution is 6.60. The van der Waals surface area contributed by atoms with Crippen LogP contribution >= 0.6 is 0 Å². The summed E-state index contributed by atoms with van der Waals surface area (Å²) in [5.41, 5.74) is 0.0750. The first-order valence-corrected chi connectivity index (χ1v) is 8.85. The molecule has 0 fully saturated rings. The van der Waals surface area contributed by atoms with Gasteiger partial charge in [0.2, 0.25) is 0 Å². The maximum atomic E-state index is 12.0. The Morgan fingerprint density at radius 1 is 1.04 bits per heavy atom. The Morgan fingerprint density at radius 2 is 1.63 bits per heavy atom. The van der Waals surface area contributed by atoms with Crippen molar-refractivity contribution in [3.8, 4) is 0 Å². The summed E-state index contributed by atoms with van der Waals surface area (Å²) in [7, 11) is -1.19. The van der Waals surface area contributed by atoms with Crippen LogP contribution in [-0.2, 0) is 11.2 Å². The van der Waals surface area contributed by atoms with E-state index in [1.54, 1.807) is 52.0 Å². The van der Waals surface area contributed by atoms with Crippen LogP contribution in [0.2, 0.25) is 0 Å². The fourth-order valence-corrected chi connectivity index (χ4v) is 2.18. The van der Waals surface area contributed by atoms with Crippen LogP contribution in [0.1, 0.15) is 33.3 Å². The fourth-order valence-electron chi connectivity index (χ4n) is 2.18. The van der Waals surface area contributed by atoms with E-state index in [2.05, 4.69) is 10.6 Å². The lowest BCUT2D eigenvalue weighted by Gasteiger charge is -2.38. The zero-order chi connectivity index (χ0) is 20.1. The quantitative estimate of drug-likeness (QED) is 0.563. The molecule has 2 rings (SSSR count). The molecule has 144 valence electrons. The normalized spacial score (nSPS) is 11.8. The van der Waals surface area contributed by atoms with Crippen LogP contribution in [0.5, 0.6) is 0 Å². The second-order valence-electron chi connectivity index (χ2n) is 7.45. The van der Waals surface area contributed by atoms with Crippen LogP contribution in [-0.4, -0.2) is 34.5 Å². The van der Waals surface area contributed by atoms with Gasteiger partial charge in [0.05, 0.1) is 11.2 Å². The van der Waals surface area contributed by atoms with Crippen molar-refractivity contribution in [2.24, 2.45) is 0 Å². The van der Waals surface area contributed by atoms with Crippen LogP contribution < -0.4 is 16.1 Å². The highest BCUT2D eigenvalue weighted by Gasteiger charge is 2.39. The summed E-state index contributed by atoms with van der Waals surface area (Å²) in [4.78, 5) is 12.0. The van der Waals surface area contributed by atoms with E-state index in [1.807, 2.05) is 30.3 Å². The van der Waals surface area contributed by atoms with Gasteiger partial charge in [-0.15, -0.1) is 0 Å². The third-order valence-electron chi connectivity index (χ3n) is 4.63. The molecule has 0 aliphatic heterocycles. The Balaban J connectivity index is 1.89. The number of hydrogen-bond donors (Lipinski definition) is 4. The Bertz CT molecular complexity index is 743. The largest absolute Gasteiger partial charge is 0.491 e. The molecule has 0 spiro atoms. The molecule has 0 saturated heterocycles. The molecule has 27 heavy (non-hydrogen) atoms. The van der Waals surface area contributed by atoms with Crippen molar-refractivity contribution in [1.82, 2.24) is 5.32 Å². The van der Waals surface area contributed by atoms with Gasteiger partial charge in [-0.3, -0.25) is 0 Å². The predicted octanol–water partition coefficient (Wildman–Crippen LogP) is 2.26. The number of hydrogen-bond acceptors (Lipinski definition) is 4. The van der Waals surface area contributed by atoms with Gasteiger partial charge in [0.25, 0.3) is 0 Å². The van der Waals surface area contributed by atoms with E-state index in [1.165, 1.54) is 0 Å². The van der Waals surface area contributed by atoms with Gasteiger partial charge in [-0.25, -0.2) is 4.79 Å². The Kier molecular flexibility index (Phi) is 6.65. The highest BCUT2D eigenvalue weighted by Crippen LogP contribution is 2.25. The number of urea groups is 1. The van der Waals surface area contributed by atoms with Gasteiger partial charge in [0.1, 0.15) is 0 Å². The molecular formula is C20H27BN2O4. The lowest BCUT2D eigenvalue weighted by atomic mass is 9.76. The summed E-state index contributed by atoms with van der Waals surface area (Å²) >= 11 is 0. The Labute approximate surface area is 160 Å². The second-order valence-corrected chi connectivity index (χ2v) is 7.45. The lowest BCUT2D eigenvalue weighted by molar-refractivity contribution is -0.0982. The van der Waals surface area contributed by atoms with Gasteiger partial charge < -0.3 is 25.4 Å². The number of nitrogens with one attached hydrogen (secondary N) is 2. The van der Waals surface area contributed by atoms with E-state index in [-0.39, 0.29) is 6.03 Å². The number of rotatable bonds is 7. The number of aliphatic hydroxyl groups is 1. The maximum absolute atomic E-state index is 12.0. The minimum atomic E-state index is -1.19. The van der Waals surface area contributed by atoms with Gasteiger partial charge >= 0.3 is 13.1 Å². The standard InChI is InChI=1S/C20H27BN2O4/c1-19(2,25)20(3,4)27-21(26)16-10-12-17(13-11-16)23-18(24)22-14-15-8-6-5-7-9-15/h5-13,25-26H,14H2,1-4H3,(H2,22,23,24). The zero-order valence-corrected chi connectivity index (χ0v) is 16.2. The third kappa shape index (κ3) is 6.10. The number of carbonyl (C=O) groups excluding carboxylic acids is 1. The summed E-state index contributed by atoms with van der Waals surface area (Å²) in [6, 6.07) is 16.0. The number of benzene rings is 2. The average molecular weight is 370 g/mol. The minimum Gasteiger partial charge on any atom is -0.423 e. The van der Waals surface area contributed by atoms with Gasteiger partial charge in [0.15, 0.2) is 0 Å². The minimum absolute atomic E-state index is 0.313. The first-order chi connectivity index (χ1) is 12.6. The third-order valence-corrected chi connectivity index (χ3v) is 4.63. The number of amides is 2. The molecular weight excluding hydrogens is 343 g/mol. The number of carbonyl (C=O) groups is 1. The highest BCUT2D eigenvalue weighted by atomic mass is 16.5. The molecule has 0 aromatic heterocycles. The summed E-state index contributed by atoms with van der Waals surface area (Å²) in [5.74, 6) is 0. The lowest BCUT2D eigenvalue weighted by Crippen LogP contribution is -2.53. The molecule has 4 N–H and O–H groups in total. The van der Waals surface area contributed by atoms with E-state index < -0.39 is 18.3 Å². The first kappa shape index (κ1) is 21.0. The molecule has 0 saturated carbocycles. The summed E-state index contributed by atoms with van der Waals surface area (Å²) in [5, 5.41) is 25.9. The van der Waals surface area contributed by atoms with Crippen molar-refractivity contribution in [3.63, 3.8) is 0 Å². The van der Waals surface area contributed by atoms with E-state index in [0.717, 1.165) is 5.56 Å². The molecule has 2 aromatic carbocycles. The second kappa shape index (κ2) is 8.56. The molecule has 0 aliphatic rings. The molecule has 0 atom stereocenters. The first-order valence-electron chi connectivity index (χ1n) is 8.85. The van der Waals surface area contributed by atoms with Crippen LogP contribution in [0.4, 0.5) is 10.5 Å². The molecule has 2 aromatic rings. The van der Waals surface area contributed by atoms with E-state index in [0.29, 0.717) is 17.7 Å². The van der Waals surface area contributed by atoms with Crippen LogP contribution in [0.3, 0.4) is 0 Å². The Morgan fingerprint density at radius 3 is 2.19 bits per heavy atom. The van der Waals surface area contributed by atoms with E-state index >= 15 is 0 Å². The summed E-state index contributed by atoms with van der Waals surface area (Å²) in [6.45, 7) is 7.11. The van der Waals surface area contributed by atoms with Gasteiger partial charge in [-0.05, 0) is 50.9 Å². The maximum Gasteiger partial charge on any atom is 0.491 e. The van der Waals surface area contributed by atoms with Crippen LogP contribution in [0, 0.1) is 0 Å². The number of anilines is 1. The van der Waals surface area contributed by atoms with Gasteiger partial charge in [-0.2, -0.15) is 0 Å². The molecule has 6 nitrogen and oxygen atoms in total. The molecule has 0 bridgehead atoms. The van der Waals surface area contributed by atoms with Crippen molar-refractivity contribution < 1.29 is 19.6 Å². The molecule has 0 radical (unpaired) electrons. The molecule has 0 aliphatic carbocycles. The zero-order valence-electron chi connectivity index (χ0n) is 16.2. The molecule has 0 unspecified atom stereocenters. The van der Waals surface area contributed by atoms with Gasteiger partial charge in [0, 0.05) is 12.2 Å². The van der Waals surface area contributed by atoms with Crippen LogP contribution in [0.15, 0.2) is 54.6 Å².